The topological polar surface area (TPSA) is 52.6 Å². The first-order chi connectivity index (χ1) is 11.8. The molecule has 84 valence electrons. The van der Waals surface area contributed by atoms with Gasteiger partial charge in [0.15, 0.2) is 0 Å². The van der Waals surface area contributed by atoms with Crippen molar-refractivity contribution in [2.75, 3.05) is 25.9 Å². The summed E-state index contributed by atoms with van der Waals surface area (Å²) in [5, 5.41) is 0. The largest absolute Gasteiger partial charge is 0.381 e. The summed E-state index contributed by atoms with van der Waals surface area (Å²) in [7, 11) is -4.70. The summed E-state index contributed by atoms with van der Waals surface area (Å²) in [6, 6.07) is 0. The maximum absolute atomic E-state index is 11.2. The average molecular weight is 236 g/mol. The third-order valence-electron chi connectivity index (χ3n) is 0.969. The molecule has 0 aromatic rings. The lowest BCUT2D eigenvalue weighted by Crippen LogP contribution is -2.16. The van der Waals surface area contributed by atoms with Crippen LogP contribution >= 0.6 is 0 Å². The molecule has 0 unspecified atom stereocenters. The van der Waals surface area contributed by atoms with Crippen molar-refractivity contribution >= 4 is 10.1 Å². The highest BCUT2D eigenvalue weighted by molar-refractivity contribution is 7.85. The predicted molar refractivity (Wildman–Crippen MR) is 53.6 cm³/mol. The Hall–Kier alpha value is -0.130. The summed E-state index contributed by atoms with van der Waals surface area (Å²) in [5.41, 5.74) is 0. The van der Waals surface area contributed by atoms with Crippen molar-refractivity contribution < 1.29 is 36.5 Å². The van der Waals surface area contributed by atoms with Crippen LogP contribution in [0.3, 0.4) is 0 Å². The third-order valence-corrected chi connectivity index (χ3v) is 1.36. The first kappa shape index (κ1) is 2.96. The Morgan fingerprint density at radius 2 is 2.21 bits per heavy atom. The molecule has 1 rings (SSSR count). The van der Waals surface area contributed by atoms with Crippen molar-refractivity contribution in [2.45, 2.75) is 25.5 Å². The van der Waals surface area contributed by atoms with Crippen molar-refractivity contribution in [2.24, 2.45) is 5.92 Å². The van der Waals surface area contributed by atoms with E-state index in [4.69, 9.17) is 19.2 Å². The summed E-state index contributed by atoms with van der Waals surface area (Å²) in [5.74, 6) is -3.14. The smallest absolute Gasteiger partial charge is 0.264 e. The molecular weight excluding hydrogens is 204 g/mol. The Morgan fingerprint density at radius 1 is 1.57 bits per heavy atom. The summed E-state index contributed by atoms with van der Waals surface area (Å²) in [4.78, 5) is 0. The number of hydrogen-bond donors (Lipinski definition) is 0. The molecule has 14 heavy (non-hydrogen) atoms. The van der Waals surface area contributed by atoms with Crippen LogP contribution in [-0.2, 0) is 19.0 Å². The van der Waals surface area contributed by atoms with Crippen LogP contribution in [0.2, 0.25) is 0 Å². The van der Waals surface area contributed by atoms with Gasteiger partial charge in [0.2, 0.25) is 0 Å². The summed E-state index contributed by atoms with van der Waals surface area (Å²) in [6.07, 6.45) is -15.3. The van der Waals surface area contributed by atoms with Crippen LogP contribution in [-0.4, -0.2) is 34.4 Å². The molecule has 1 fully saturated rings. The molecule has 1 heterocycles. The Morgan fingerprint density at radius 3 is 2.79 bits per heavy atom. The normalized spacial score (nSPS) is 52.1. The molecule has 1 saturated heterocycles. The fourth-order valence-corrected chi connectivity index (χ4v) is 0.702. The van der Waals surface area contributed by atoms with Gasteiger partial charge in [-0.1, -0.05) is 0 Å². The highest BCUT2D eigenvalue weighted by Crippen LogP contribution is 2.19. The van der Waals surface area contributed by atoms with Crippen LogP contribution in [0.5, 0.6) is 0 Å². The second-order valence-electron chi connectivity index (χ2n) is 2.19. The van der Waals surface area contributed by atoms with Crippen LogP contribution in [0.15, 0.2) is 0 Å². The molecule has 5 heteroatoms. The molecular formula is C9H18O4S. The molecule has 1 aliphatic heterocycles. The van der Waals surface area contributed by atoms with E-state index in [1.165, 1.54) is 0 Å². The first-order valence-electron chi connectivity index (χ1n) is 10.4. The van der Waals surface area contributed by atoms with Gasteiger partial charge in [0, 0.05) is 24.1 Å². The second-order valence-corrected chi connectivity index (χ2v) is 3.76. The maximum atomic E-state index is 11.2. The molecule has 0 aromatic carbocycles. The molecule has 0 atom stereocenters. The summed E-state index contributed by atoms with van der Waals surface area (Å²) in [6.45, 7) is -11.3. The molecule has 4 nitrogen and oxygen atoms in total. The Labute approximate surface area is 105 Å². The molecule has 0 radical (unpaired) electrons. The fourth-order valence-electron chi connectivity index (χ4n) is 0.509. The van der Waals surface area contributed by atoms with E-state index in [1.54, 1.807) is 0 Å². The van der Waals surface area contributed by atoms with E-state index >= 15 is 0 Å². The molecule has 0 aliphatic carbocycles. The molecule has 0 amide bonds. The summed E-state index contributed by atoms with van der Waals surface area (Å²) < 4.78 is 138. The molecule has 0 spiro atoms. The zero-order chi connectivity index (χ0) is 23.0. The number of ether oxygens (including phenoxy) is 1. The van der Waals surface area contributed by atoms with Gasteiger partial charge in [0.1, 0.15) is 0 Å². The Bertz CT molecular complexity index is 703. The van der Waals surface area contributed by atoms with Crippen LogP contribution in [0.4, 0.5) is 0 Å². The highest BCUT2D eigenvalue weighted by Gasteiger charge is 2.13. The maximum Gasteiger partial charge on any atom is 0.264 e. The minimum Gasteiger partial charge on any atom is -0.381 e. The predicted octanol–water partition coefficient (Wildman–Crippen LogP) is 1.17. The van der Waals surface area contributed by atoms with Crippen molar-refractivity contribution in [1.29, 1.82) is 0 Å². The van der Waals surface area contributed by atoms with Gasteiger partial charge in [-0.2, -0.15) is 8.42 Å². The minimum atomic E-state index is -4.70. The monoisotopic (exact) mass is 236 g/mol. The number of hydrogen-bond acceptors (Lipinski definition) is 4. The number of rotatable bonds is 5. The van der Waals surface area contributed by atoms with Crippen LogP contribution in [0.1, 0.15) is 44.7 Å². The summed E-state index contributed by atoms with van der Waals surface area (Å²) >= 11 is 0. The van der Waals surface area contributed by atoms with Gasteiger partial charge in [0.25, 0.3) is 10.1 Å². The van der Waals surface area contributed by atoms with Crippen molar-refractivity contribution in [1.82, 2.24) is 0 Å². The van der Waals surface area contributed by atoms with Gasteiger partial charge in [0.05, 0.1) is 21.0 Å². The lowest BCUT2D eigenvalue weighted by molar-refractivity contribution is 0.0621. The van der Waals surface area contributed by atoms with Crippen LogP contribution in [0.25, 0.3) is 0 Å². The standard InChI is InChI=1S/C9H18O4S/c1-14(10,11)13-6-2-3-9-4-7-12-8-5-9/h9H,2-8H2,1H3/i2D2,3D2,4D2,5D2,6D2,7D2,8D2. The van der Waals surface area contributed by atoms with Crippen molar-refractivity contribution in [3.8, 4) is 0 Å². The first-order valence-corrected chi connectivity index (χ1v) is 5.20. The van der Waals surface area contributed by atoms with Crippen molar-refractivity contribution in [3.63, 3.8) is 0 Å². The fraction of sp³-hybridized carbons (Fsp3) is 1.00. The van der Waals surface area contributed by atoms with Crippen molar-refractivity contribution in [3.05, 3.63) is 0 Å². The highest BCUT2D eigenvalue weighted by atomic mass is 32.2. The van der Waals surface area contributed by atoms with E-state index in [2.05, 4.69) is 8.92 Å². The molecule has 0 aromatic heterocycles. The second kappa shape index (κ2) is 5.68. The Kier molecular flexibility index (Phi) is 1.20. The van der Waals surface area contributed by atoms with Gasteiger partial charge in [-0.25, -0.2) is 0 Å². The van der Waals surface area contributed by atoms with E-state index in [1.807, 2.05) is 0 Å². The molecule has 0 bridgehead atoms. The lowest BCUT2D eigenvalue weighted by Gasteiger charge is -2.21. The van der Waals surface area contributed by atoms with E-state index in [0.717, 1.165) is 0 Å². The minimum absolute atomic E-state index is 0.334. The SMILES string of the molecule is [2H]C1([2H])OC([2H])([2H])C([2H])([2H])C(C([2H])([2H])C([2H])([2H])C([2H])([2H])OS(C)(=O)=O)C1([2H])[2H]. The zero-order valence-electron chi connectivity index (χ0n) is 21.1. The molecule has 1 aliphatic rings. The quantitative estimate of drug-likeness (QED) is 0.672. The van der Waals surface area contributed by atoms with Gasteiger partial charge in [-0.05, 0) is 31.4 Å². The van der Waals surface area contributed by atoms with Crippen LogP contribution in [0, 0.1) is 5.92 Å². The van der Waals surface area contributed by atoms with Gasteiger partial charge in [-0.15, -0.1) is 0 Å². The van der Waals surface area contributed by atoms with Gasteiger partial charge < -0.3 is 4.74 Å². The van der Waals surface area contributed by atoms with E-state index in [0.29, 0.717) is 6.26 Å². The third kappa shape index (κ3) is 5.57. The van der Waals surface area contributed by atoms with Gasteiger partial charge >= 0.3 is 0 Å². The molecule has 0 N–H and O–H groups in total. The van der Waals surface area contributed by atoms with E-state index in [9.17, 15) is 8.42 Å². The van der Waals surface area contributed by atoms with E-state index in [-0.39, 0.29) is 0 Å². The Balaban J connectivity index is 3.75. The lowest BCUT2D eigenvalue weighted by atomic mass is 9.95. The van der Waals surface area contributed by atoms with Crippen LogP contribution < -0.4 is 0 Å². The molecule has 0 saturated carbocycles. The average Bonchev–Trinajstić information content (AvgIpc) is 2.30. The zero-order valence-corrected chi connectivity index (χ0v) is 7.94. The van der Waals surface area contributed by atoms with E-state index < -0.39 is 61.2 Å². The van der Waals surface area contributed by atoms with Gasteiger partial charge in [-0.3, -0.25) is 4.18 Å².